The van der Waals surface area contributed by atoms with Crippen molar-refractivity contribution in [1.82, 2.24) is 0 Å². The molecule has 0 spiro atoms. The van der Waals surface area contributed by atoms with E-state index in [0.717, 1.165) is 0 Å². The first-order chi connectivity index (χ1) is 12.1. The molecule has 0 aromatic heterocycles. The van der Waals surface area contributed by atoms with Gasteiger partial charge in [0.15, 0.2) is 0 Å². The summed E-state index contributed by atoms with van der Waals surface area (Å²) in [6.45, 7) is 0. The lowest BCUT2D eigenvalue weighted by Crippen LogP contribution is -2.62. The van der Waals surface area contributed by atoms with Gasteiger partial charge in [-0.25, -0.2) is 9.59 Å². The molecule has 0 fully saturated rings. The highest BCUT2D eigenvalue weighted by atomic mass is 19.4. The molecule has 0 aromatic carbocycles. The van der Waals surface area contributed by atoms with Crippen LogP contribution in [0, 0.1) is 0 Å². The molecule has 0 aliphatic carbocycles. The van der Waals surface area contributed by atoms with Crippen LogP contribution < -0.4 is 0 Å². The summed E-state index contributed by atoms with van der Waals surface area (Å²) in [5.41, 5.74) is 0. The number of alkyl halides is 12. The third-order valence-electron chi connectivity index (χ3n) is 2.50. The largest absolute Gasteiger partial charge is 0.465 e. The van der Waals surface area contributed by atoms with Gasteiger partial charge in [0.1, 0.15) is 0 Å². The van der Waals surface area contributed by atoms with Crippen molar-refractivity contribution >= 4 is 11.9 Å². The number of ether oxygens (including phenoxy) is 4. The normalized spacial score (nSPS) is 18.1. The van der Waals surface area contributed by atoms with Crippen LogP contribution in [0.1, 0.15) is 0 Å². The first-order valence-electron chi connectivity index (χ1n) is 5.97. The molecule has 28 heavy (non-hydrogen) atoms. The SMILES string of the molecule is COC(=O)C(F)(OC(F)(F)C(F)(F)OC(F)(C(=O)OC)C(F)(F)F)C(F)(F)F. The van der Waals surface area contributed by atoms with Crippen LogP contribution in [0.4, 0.5) is 52.7 Å². The molecule has 0 amide bonds. The van der Waals surface area contributed by atoms with Crippen molar-refractivity contribution in [2.45, 2.75) is 36.3 Å². The van der Waals surface area contributed by atoms with Crippen LogP contribution in [0.15, 0.2) is 0 Å². The number of esters is 2. The van der Waals surface area contributed by atoms with Crippen molar-refractivity contribution in [1.29, 1.82) is 0 Å². The van der Waals surface area contributed by atoms with Crippen molar-refractivity contribution in [3.05, 3.63) is 0 Å². The van der Waals surface area contributed by atoms with Gasteiger partial charge in [-0.3, -0.25) is 9.47 Å². The molecule has 166 valence electrons. The molecule has 0 radical (unpaired) electrons. The predicted molar refractivity (Wildman–Crippen MR) is 55.9 cm³/mol. The van der Waals surface area contributed by atoms with E-state index >= 15 is 0 Å². The van der Waals surface area contributed by atoms with Gasteiger partial charge in [0.2, 0.25) is 0 Å². The Morgan fingerprint density at radius 2 is 0.750 bits per heavy atom. The van der Waals surface area contributed by atoms with E-state index in [-0.39, 0.29) is 14.2 Å². The van der Waals surface area contributed by atoms with Crippen molar-refractivity contribution < 1.29 is 81.2 Å². The highest BCUT2D eigenvalue weighted by Crippen LogP contribution is 2.49. The van der Waals surface area contributed by atoms with E-state index in [0.29, 0.717) is 0 Å². The minimum atomic E-state index is -7.12. The number of hydrogen-bond acceptors (Lipinski definition) is 6. The summed E-state index contributed by atoms with van der Waals surface area (Å²) in [5, 5.41) is 0. The molecule has 0 aromatic rings. The minimum absolute atomic E-state index is 0.0357. The zero-order chi connectivity index (χ0) is 23.0. The standard InChI is InChI=1S/C10H6F12O6/c1-25-3(23)5(11,7(13,14)15)27-9(19,20)10(21,22)28-6(12,4(24)26-2)8(16,17)18/h1-2H3. The van der Waals surface area contributed by atoms with E-state index in [1.165, 1.54) is 0 Å². The Morgan fingerprint density at radius 1 is 0.536 bits per heavy atom. The average Bonchev–Trinajstić information content (AvgIpc) is 2.49. The first kappa shape index (κ1) is 26.0. The van der Waals surface area contributed by atoms with Gasteiger partial charge in [-0.1, -0.05) is 0 Å². The zero-order valence-corrected chi connectivity index (χ0v) is 13.0. The fourth-order valence-electron chi connectivity index (χ4n) is 1.17. The Labute approximate surface area is 145 Å². The van der Waals surface area contributed by atoms with Gasteiger partial charge in [-0.05, 0) is 0 Å². The lowest BCUT2D eigenvalue weighted by molar-refractivity contribution is -0.512. The fraction of sp³-hybridized carbons (Fsp3) is 0.800. The molecule has 0 saturated carbocycles. The van der Waals surface area contributed by atoms with Crippen LogP contribution >= 0.6 is 0 Å². The molecule has 0 heterocycles. The third kappa shape index (κ3) is 4.53. The molecule has 2 unspecified atom stereocenters. The van der Waals surface area contributed by atoms with Gasteiger partial charge in [0, 0.05) is 0 Å². The quantitative estimate of drug-likeness (QED) is 0.439. The second-order valence-corrected chi connectivity index (χ2v) is 4.41. The second-order valence-electron chi connectivity index (χ2n) is 4.41. The second kappa shape index (κ2) is 7.45. The number of methoxy groups -OCH3 is 2. The summed E-state index contributed by atoms with van der Waals surface area (Å²) in [6.07, 6.45) is -27.9. The molecule has 6 nitrogen and oxygen atoms in total. The molecule has 2 atom stereocenters. The maximum atomic E-state index is 13.5. The summed E-state index contributed by atoms with van der Waals surface area (Å²) in [7, 11) is -0.0713. The van der Waals surface area contributed by atoms with Crippen LogP contribution in [-0.4, -0.2) is 62.4 Å². The first-order valence-corrected chi connectivity index (χ1v) is 5.97. The summed E-state index contributed by atoms with van der Waals surface area (Å²) in [5.74, 6) is -19.5. The lowest BCUT2D eigenvalue weighted by Gasteiger charge is -2.35. The summed E-state index contributed by atoms with van der Waals surface area (Å²) in [6, 6.07) is 0. The van der Waals surface area contributed by atoms with Crippen molar-refractivity contribution in [2.24, 2.45) is 0 Å². The van der Waals surface area contributed by atoms with Crippen LogP contribution in [-0.2, 0) is 28.5 Å². The van der Waals surface area contributed by atoms with Crippen molar-refractivity contribution in [3.8, 4) is 0 Å². The van der Waals surface area contributed by atoms with Crippen LogP contribution in [0.3, 0.4) is 0 Å². The van der Waals surface area contributed by atoms with Crippen LogP contribution in [0.25, 0.3) is 0 Å². The maximum Gasteiger partial charge on any atom is 0.460 e. The Kier molecular flexibility index (Phi) is 6.92. The number of carbonyl (C=O) groups is 2. The van der Waals surface area contributed by atoms with Gasteiger partial charge in [-0.2, -0.15) is 52.7 Å². The van der Waals surface area contributed by atoms with Gasteiger partial charge in [0.05, 0.1) is 14.2 Å². The number of carbonyl (C=O) groups excluding carboxylic acids is 2. The van der Waals surface area contributed by atoms with E-state index in [1.807, 2.05) is 9.47 Å². The molecule has 0 N–H and O–H groups in total. The Morgan fingerprint density at radius 3 is 0.893 bits per heavy atom. The van der Waals surface area contributed by atoms with Gasteiger partial charge >= 0.3 is 48.2 Å². The van der Waals surface area contributed by atoms with Crippen molar-refractivity contribution in [2.75, 3.05) is 14.2 Å². The molecule has 0 rings (SSSR count). The summed E-state index contributed by atoms with van der Waals surface area (Å²) < 4.78 is 165. The average molecular weight is 450 g/mol. The highest BCUT2D eigenvalue weighted by molar-refractivity contribution is 5.79. The maximum absolute atomic E-state index is 13.5. The third-order valence-corrected chi connectivity index (χ3v) is 2.50. The predicted octanol–water partition coefficient (Wildman–Crippen LogP) is 3.01. The molecular formula is C10H6F12O6. The highest BCUT2D eigenvalue weighted by Gasteiger charge is 2.78. The van der Waals surface area contributed by atoms with Gasteiger partial charge < -0.3 is 9.47 Å². The number of halogens is 12. The monoisotopic (exact) mass is 450 g/mol. The number of rotatable bonds is 7. The fourth-order valence-corrected chi connectivity index (χ4v) is 1.17. The Hall–Kier alpha value is -1.98. The minimum Gasteiger partial charge on any atom is -0.465 e. The van der Waals surface area contributed by atoms with E-state index in [1.54, 1.807) is 0 Å². The van der Waals surface area contributed by atoms with Crippen molar-refractivity contribution in [3.63, 3.8) is 0 Å². The topological polar surface area (TPSA) is 71.1 Å². The van der Waals surface area contributed by atoms with Gasteiger partial charge in [-0.15, -0.1) is 0 Å². The van der Waals surface area contributed by atoms with E-state index < -0.39 is 48.2 Å². The molecular weight excluding hydrogens is 444 g/mol. The Balaban J connectivity index is 6.18. The van der Waals surface area contributed by atoms with Crippen LogP contribution in [0.5, 0.6) is 0 Å². The summed E-state index contributed by atoms with van der Waals surface area (Å²) in [4.78, 5) is 21.4. The summed E-state index contributed by atoms with van der Waals surface area (Å²) >= 11 is 0. The molecule has 18 heteroatoms. The van der Waals surface area contributed by atoms with E-state index in [2.05, 4.69) is 9.47 Å². The van der Waals surface area contributed by atoms with E-state index in [9.17, 15) is 62.3 Å². The van der Waals surface area contributed by atoms with E-state index in [4.69, 9.17) is 0 Å². The smallest absolute Gasteiger partial charge is 0.460 e. The molecule has 0 aliphatic rings. The lowest BCUT2D eigenvalue weighted by atomic mass is 10.3. The molecule has 0 bridgehead atoms. The molecule has 0 aliphatic heterocycles. The Bertz CT molecular complexity index is 549. The zero-order valence-electron chi connectivity index (χ0n) is 13.0. The van der Waals surface area contributed by atoms with Crippen LogP contribution in [0.2, 0.25) is 0 Å². The van der Waals surface area contributed by atoms with Gasteiger partial charge in [0.25, 0.3) is 0 Å². The number of hydrogen-bond donors (Lipinski definition) is 0. The molecule has 0 saturated heterocycles.